The van der Waals surface area contributed by atoms with Crippen LogP contribution in [0.2, 0.25) is 0 Å². The van der Waals surface area contributed by atoms with Gasteiger partial charge in [-0.05, 0) is 29.9 Å². The van der Waals surface area contributed by atoms with E-state index in [-0.39, 0.29) is 11.5 Å². The molecule has 0 aliphatic heterocycles. The number of hydrogen-bond donors (Lipinski definition) is 2. The van der Waals surface area contributed by atoms with Crippen molar-refractivity contribution >= 4 is 0 Å². The summed E-state index contributed by atoms with van der Waals surface area (Å²) in [6.45, 7) is 7.04. The van der Waals surface area contributed by atoms with Crippen LogP contribution in [0.5, 0.6) is 0 Å². The van der Waals surface area contributed by atoms with Gasteiger partial charge in [-0.25, -0.2) is 0 Å². The van der Waals surface area contributed by atoms with Gasteiger partial charge in [0.1, 0.15) is 0 Å². The highest BCUT2D eigenvalue weighted by atomic mass is 16.3. The molecule has 0 fully saturated rings. The Kier molecular flexibility index (Phi) is 3.04. The van der Waals surface area contributed by atoms with Gasteiger partial charge in [0, 0.05) is 12.6 Å². The SMILES string of the molecule is CC(O)CNC1c2ccccc2CC1(C)C. The van der Waals surface area contributed by atoms with E-state index in [2.05, 4.69) is 43.4 Å². The zero-order valence-electron chi connectivity index (χ0n) is 10.3. The molecule has 2 rings (SSSR count). The lowest BCUT2D eigenvalue weighted by Crippen LogP contribution is -2.35. The fraction of sp³-hybridized carbons (Fsp3) is 0.571. The van der Waals surface area contributed by atoms with Crippen molar-refractivity contribution in [2.75, 3.05) is 6.54 Å². The second-order valence-electron chi connectivity index (χ2n) is 5.55. The Balaban J connectivity index is 2.21. The van der Waals surface area contributed by atoms with Crippen LogP contribution in [-0.2, 0) is 6.42 Å². The van der Waals surface area contributed by atoms with Crippen molar-refractivity contribution in [3.05, 3.63) is 35.4 Å². The molecular formula is C14H21NO. The molecule has 0 aromatic heterocycles. The molecule has 88 valence electrons. The lowest BCUT2D eigenvalue weighted by Gasteiger charge is -2.29. The average molecular weight is 219 g/mol. The highest BCUT2D eigenvalue weighted by molar-refractivity contribution is 5.37. The highest BCUT2D eigenvalue weighted by Crippen LogP contribution is 2.44. The first-order chi connectivity index (χ1) is 7.50. The van der Waals surface area contributed by atoms with Crippen molar-refractivity contribution in [1.29, 1.82) is 0 Å². The van der Waals surface area contributed by atoms with Crippen molar-refractivity contribution in [3.63, 3.8) is 0 Å². The Morgan fingerprint density at radius 2 is 2.12 bits per heavy atom. The smallest absolute Gasteiger partial charge is 0.0636 e. The molecule has 1 aliphatic carbocycles. The van der Waals surface area contributed by atoms with E-state index in [4.69, 9.17) is 0 Å². The van der Waals surface area contributed by atoms with Crippen LogP contribution >= 0.6 is 0 Å². The number of benzene rings is 1. The van der Waals surface area contributed by atoms with Crippen LogP contribution in [0.25, 0.3) is 0 Å². The molecule has 1 aromatic rings. The Hall–Kier alpha value is -0.860. The monoisotopic (exact) mass is 219 g/mol. The van der Waals surface area contributed by atoms with Crippen molar-refractivity contribution in [3.8, 4) is 0 Å². The third kappa shape index (κ3) is 2.13. The summed E-state index contributed by atoms with van der Waals surface area (Å²) in [5.74, 6) is 0. The molecule has 0 bridgehead atoms. The van der Waals surface area contributed by atoms with Gasteiger partial charge in [-0.3, -0.25) is 0 Å². The van der Waals surface area contributed by atoms with E-state index in [1.807, 2.05) is 6.92 Å². The first kappa shape index (κ1) is 11.6. The van der Waals surface area contributed by atoms with E-state index < -0.39 is 0 Å². The fourth-order valence-electron chi connectivity index (χ4n) is 2.67. The van der Waals surface area contributed by atoms with Crippen LogP contribution < -0.4 is 5.32 Å². The summed E-state index contributed by atoms with van der Waals surface area (Å²) < 4.78 is 0. The highest BCUT2D eigenvalue weighted by Gasteiger charge is 2.38. The van der Waals surface area contributed by atoms with E-state index in [1.54, 1.807) is 0 Å². The second-order valence-corrected chi connectivity index (χ2v) is 5.55. The van der Waals surface area contributed by atoms with E-state index in [9.17, 15) is 5.11 Å². The van der Waals surface area contributed by atoms with Crippen molar-refractivity contribution < 1.29 is 5.11 Å². The summed E-state index contributed by atoms with van der Waals surface area (Å²) in [5, 5.41) is 12.8. The first-order valence-electron chi connectivity index (χ1n) is 6.00. The van der Waals surface area contributed by atoms with Crippen LogP contribution in [-0.4, -0.2) is 17.8 Å². The van der Waals surface area contributed by atoms with Gasteiger partial charge in [0.25, 0.3) is 0 Å². The van der Waals surface area contributed by atoms with Crippen molar-refractivity contribution in [2.24, 2.45) is 5.41 Å². The van der Waals surface area contributed by atoms with Gasteiger partial charge in [0.15, 0.2) is 0 Å². The average Bonchev–Trinajstić information content (AvgIpc) is 2.44. The minimum Gasteiger partial charge on any atom is -0.392 e. The molecule has 0 heterocycles. The predicted molar refractivity (Wildman–Crippen MR) is 66.4 cm³/mol. The lowest BCUT2D eigenvalue weighted by atomic mass is 9.85. The third-order valence-corrected chi connectivity index (χ3v) is 3.41. The summed E-state index contributed by atoms with van der Waals surface area (Å²) in [7, 11) is 0. The van der Waals surface area contributed by atoms with Crippen molar-refractivity contribution in [2.45, 2.75) is 39.3 Å². The normalized spacial score (nSPS) is 24.1. The van der Waals surface area contributed by atoms with Crippen LogP contribution in [0.1, 0.15) is 37.9 Å². The Morgan fingerprint density at radius 3 is 2.81 bits per heavy atom. The number of nitrogens with one attached hydrogen (secondary N) is 1. The number of aliphatic hydroxyl groups is 1. The largest absolute Gasteiger partial charge is 0.392 e. The van der Waals surface area contributed by atoms with Gasteiger partial charge in [-0.15, -0.1) is 0 Å². The molecule has 1 aliphatic rings. The molecule has 0 amide bonds. The topological polar surface area (TPSA) is 32.3 Å². The predicted octanol–water partition coefficient (Wildman–Crippen LogP) is 2.28. The summed E-state index contributed by atoms with van der Waals surface area (Å²) in [6, 6.07) is 8.96. The van der Waals surface area contributed by atoms with Gasteiger partial charge in [0.05, 0.1) is 6.10 Å². The van der Waals surface area contributed by atoms with E-state index >= 15 is 0 Å². The molecular weight excluding hydrogens is 198 g/mol. The molecule has 0 saturated heterocycles. The van der Waals surface area contributed by atoms with Gasteiger partial charge in [0.2, 0.25) is 0 Å². The standard InChI is InChI=1S/C14H21NO/c1-10(16)9-15-13-12-7-5-4-6-11(12)8-14(13,2)3/h4-7,10,13,15-16H,8-9H2,1-3H3. The van der Waals surface area contributed by atoms with Gasteiger partial charge < -0.3 is 10.4 Å². The van der Waals surface area contributed by atoms with E-state index in [0.717, 1.165) is 6.42 Å². The zero-order chi connectivity index (χ0) is 11.8. The molecule has 2 unspecified atom stereocenters. The summed E-state index contributed by atoms with van der Waals surface area (Å²) in [6.07, 6.45) is 0.823. The maximum absolute atomic E-state index is 9.37. The Labute approximate surface area is 97.7 Å². The molecule has 2 atom stereocenters. The number of hydrogen-bond acceptors (Lipinski definition) is 2. The zero-order valence-corrected chi connectivity index (χ0v) is 10.3. The quantitative estimate of drug-likeness (QED) is 0.817. The molecule has 2 N–H and O–H groups in total. The fourth-order valence-corrected chi connectivity index (χ4v) is 2.67. The second kappa shape index (κ2) is 4.19. The summed E-state index contributed by atoms with van der Waals surface area (Å²) in [5.41, 5.74) is 3.07. The van der Waals surface area contributed by atoms with Crippen LogP contribution in [0.3, 0.4) is 0 Å². The molecule has 16 heavy (non-hydrogen) atoms. The van der Waals surface area contributed by atoms with Gasteiger partial charge in [-0.1, -0.05) is 38.1 Å². The molecule has 0 saturated carbocycles. The molecule has 2 nitrogen and oxygen atoms in total. The number of fused-ring (bicyclic) bond motifs is 1. The summed E-state index contributed by atoms with van der Waals surface area (Å²) in [4.78, 5) is 0. The lowest BCUT2D eigenvalue weighted by molar-refractivity contribution is 0.169. The minimum atomic E-state index is -0.288. The summed E-state index contributed by atoms with van der Waals surface area (Å²) >= 11 is 0. The molecule has 2 heteroatoms. The molecule has 1 aromatic carbocycles. The van der Waals surface area contributed by atoms with Crippen LogP contribution in [0, 0.1) is 5.41 Å². The maximum atomic E-state index is 9.37. The van der Waals surface area contributed by atoms with E-state index in [1.165, 1.54) is 11.1 Å². The number of rotatable bonds is 3. The molecule has 0 spiro atoms. The third-order valence-electron chi connectivity index (χ3n) is 3.41. The molecule has 0 radical (unpaired) electrons. The minimum absolute atomic E-state index is 0.235. The van der Waals surface area contributed by atoms with Gasteiger partial charge >= 0.3 is 0 Å². The van der Waals surface area contributed by atoms with Crippen LogP contribution in [0.4, 0.5) is 0 Å². The Bertz CT molecular complexity index is 371. The Morgan fingerprint density at radius 1 is 1.44 bits per heavy atom. The van der Waals surface area contributed by atoms with Gasteiger partial charge in [-0.2, -0.15) is 0 Å². The number of aliphatic hydroxyl groups excluding tert-OH is 1. The van der Waals surface area contributed by atoms with E-state index in [0.29, 0.717) is 12.6 Å². The van der Waals surface area contributed by atoms with Crippen LogP contribution in [0.15, 0.2) is 24.3 Å². The van der Waals surface area contributed by atoms with Crippen molar-refractivity contribution in [1.82, 2.24) is 5.32 Å². The maximum Gasteiger partial charge on any atom is 0.0636 e. The first-order valence-corrected chi connectivity index (χ1v) is 6.00.